The molecule has 21 heavy (non-hydrogen) atoms. The number of carboxylic acid groups (broad SMARTS) is 1. The molecule has 7 heteroatoms. The van der Waals surface area contributed by atoms with Gasteiger partial charge in [0.05, 0.1) is 21.9 Å². The van der Waals surface area contributed by atoms with Crippen LogP contribution in [0.5, 0.6) is 0 Å². The fourth-order valence-electron chi connectivity index (χ4n) is 1.65. The second kappa shape index (κ2) is 7.28. The number of anilines is 1. The lowest BCUT2D eigenvalue weighted by Crippen LogP contribution is -2.42. The maximum atomic E-state index is 11.8. The summed E-state index contributed by atoms with van der Waals surface area (Å²) in [6, 6.07) is 3.66. The topological polar surface area (TPSA) is 87.7 Å². The van der Waals surface area contributed by atoms with Crippen molar-refractivity contribution in [2.75, 3.05) is 18.5 Å². The van der Waals surface area contributed by atoms with Crippen LogP contribution in [0.15, 0.2) is 18.2 Å². The van der Waals surface area contributed by atoms with Crippen LogP contribution in [0.2, 0.25) is 5.02 Å². The largest absolute Gasteiger partial charge is 0.478 e. The minimum atomic E-state index is -1.08. The average Bonchev–Trinajstić information content (AvgIpc) is 2.38. The van der Waals surface area contributed by atoms with E-state index in [2.05, 4.69) is 10.6 Å². The number of nitrogens with one attached hydrogen (secondary N) is 2. The minimum absolute atomic E-state index is 0.0587. The molecule has 0 radical (unpaired) electrons. The Bertz CT molecular complexity index is 532. The van der Waals surface area contributed by atoms with E-state index in [1.807, 2.05) is 20.8 Å². The molecule has 116 valence electrons. The summed E-state index contributed by atoms with van der Waals surface area (Å²) in [4.78, 5) is 22.6. The van der Waals surface area contributed by atoms with E-state index in [4.69, 9.17) is 21.4 Å². The van der Waals surface area contributed by atoms with Gasteiger partial charge in [0.2, 0.25) is 0 Å². The average molecular weight is 315 g/mol. The number of carbonyl (C=O) groups is 2. The van der Waals surface area contributed by atoms with Gasteiger partial charge < -0.3 is 20.5 Å². The SMILES string of the molecule is CCOC(C)(C)CNC(=O)Nc1ccc(C(=O)O)cc1Cl. The summed E-state index contributed by atoms with van der Waals surface area (Å²) in [6.45, 7) is 6.50. The number of rotatable bonds is 6. The molecular weight excluding hydrogens is 296 g/mol. The highest BCUT2D eigenvalue weighted by molar-refractivity contribution is 6.34. The van der Waals surface area contributed by atoms with Gasteiger partial charge in [-0.2, -0.15) is 0 Å². The zero-order valence-corrected chi connectivity index (χ0v) is 13.0. The Morgan fingerprint density at radius 1 is 1.38 bits per heavy atom. The van der Waals surface area contributed by atoms with E-state index in [1.54, 1.807) is 0 Å². The molecule has 2 amide bonds. The van der Waals surface area contributed by atoms with Gasteiger partial charge in [-0.05, 0) is 39.0 Å². The third kappa shape index (κ3) is 5.61. The maximum Gasteiger partial charge on any atom is 0.335 e. The summed E-state index contributed by atoms with van der Waals surface area (Å²) in [5.74, 6) is -1.08. The first kappa shape index (κ1) is 17.3. The van der Waals surface area contributed by atoms with E-state index in [-0.39, 0.29) is 10.6 Å². The van der Waals surface area contributed by atoms with E-state index in [9.17, 15) is 9.59 Å². The van der Waals surface area contributed by atoms with Crippen LogP contribution >= 0.6 is 11.6 Å². The van der Waals surface area contributed by atoms with Crippen LogP contribution in [0.3, 0.4) is 0 Å². The summed E-state index contributed by atoms with van der Waals surface area (Å²) in [5.41, 5.74) is -0.0694. The number of hydrogen-bond acceptors (Lipinski definition) is 3. The van der Waals surface area contributed by atoms with Gasteiger partial charge in [-0.15, -0.1) is 0 Å². The first-order chi connectivity index (χ1) is 9.75. The zero-order chi connectivity index (χ0) is 16.0. The second-order valence-electron chi connectivity index (χ2n) is 5.00. The number of benzene rings is 1. The standard InChI is InChI=1S/C14H19ClN2O4/c1-4-21-14(2,3)8-16-13(20)17-11-6-5-9(12(18)19)7-10(11)15/h5-7H,4,8H2,1-3H3,(H,18,19)(H2,16,17,20). The van der Waals surface area contributed by atoms with Gasteiger partial charge in [-0.3, -0.25) is 0 Å². The van der Waals surface area contributed by atoms with E-state index >= 15 is 0 Å². The molecule has 1 aromatic carbocycles. The van der Waals surface area contributed by atoms with E-state index in [1.165, 1.54) is 18.2 Å². The first-order valence-electron chi connectivity index (χ1n) is 6.47. The molecule has 6 nitrogen and oxygen atoms in total. The van der Waals surface area contributed by atoms with Gasteiger partial charge in [0.1, 0.15) is 0 Å². The number of urea groups is 1. The fraction of sp³-hybridized carbons (Fsp3) is 0.429. The molecule has 0 atom stereocenters. The summed E-state index contributed by atoms with van der Waals surface area (Å²) in [6.07, 6.45) is 0. The third-order valence-corrected chi connectivity index (χ3v) is 2.99. The zero-order valence-electron chi connectivity index (χ0n) is 12.2. The van der Waals surface area contributed by atoms with Crippen molar-refractivity contribution in [2.24, 2.45) is 0 Å². The van der Waals surface area contributed by atoms with Gasteiger partial charge in [-0.1, -0.05) is 11.6 Å². The van der Waals surface area contributed by atoms with Gasteiger partial charge >= 0.3 is 12.0 Å². The van der Waals surface area contributed by atoms with E-state index in [0.29, 0.717) is 18.8 Å². The van der Waals surface area contributed by atoms with Crippen molar-refractivity contribution in [1.29, 1.82) is 0 Å². The van der Waals surface area contributed by atoms with Gasteiger partial charge in [-0.25, -0.2) is 9.59 Å². The van der Waals surface area contributed by atoms with Gasteiger partial charge in [0, 0.05) is 13.2 Å². The molecular formula is C14H19ClN2O4. The molecule has 0 saturated carbocycles. The lowest BCUT2D eigenvalue weighted by Gasteiger charge is -2.25. The highest BCUT2D eigenvalue weighted by Gasteiger charge is 2.18. The van der Waals surface area contributed by atoms with Crippen LogP contribution in [0.1, 0.15) is 31.1 Å². The molecule has 0 spiro atoms. The van der Waals surface area contributed by atoms with Crippen molar-refractivity contribution in [1.82, 2.24) is 5.32 Å². The molecule has 1 aromatic rings. The number of carboxylic acids is 1. The van der Waals surface area contributed by atoms with Crippen LogP contribution in [0.4, 0.5) is 10.5 Å². The lowest BCUT2D eigenvalue weighted by atomic mass is 10.1. The van der Waals surface area contributed by atoms with Crippen molar-refractivity contribution in [3.05, 3.63) is 28.8 Å². The summed E-state index contributed by atoms with van der Waals surface area (Å²) >= 11 is 5.93. The Morgan fingerprint density at radius 2 is 2.05 bits per heavy atom. The number of ether oxygens (including phenoxy) is 1. The predicted molar refractivity (Wildman–Crippen MR) is 81.1 cm³/mol. The molecule has 0 aliphatic rings. The Morgan fingerprint density at radius 3 is 2.57 bits per heavy atom. The van der Waals surface area contributed by atoms with Gasteiger partial charge in [0.15, 0.2) is 0 Å². The molecule has 0 saturated heterocycles. The maximum absolute atomic E-state index is 11.8. The molecule has 1 rings (SSSR count). The normalized spacial score (nSPS) is 11.0. The van der Waals surface area contributed by atoms with Crippen LogP contribution < -0.4 is 10.6 Å². The summed E-state index contributed by atoms with van der Waals surface area (Å²) < 4.78 is 5.46. The molecule has 0 unspecified atom stereocenters. The van der Waals surface area contributed by atoms with Crippen LogP contribution in [-0.4, -0.2) is 35.9 Å². The first-order valence-corrected chi connectivity index (χ1v) is 6.84. The molecule has 0 aliphatic heterocycles. The number of amides is 2. The highest BCUT2D eigenvalue weighted by Crippen LogP contribution is 2.23. The van der Waals surface area contributed by atoms with E-state index in [0.717, 1.165) is 0 Å². The van der Waals surface area contributed by atoms with E-state index < -0.39 is 17.6 Å². The van der Waals surface area contributed by atoms with Crippen LogP contribution in [-0.2, 0) is 4.74 Å². The molecule has 3 N–H and O–H groups in total. The number of halogens is 1. The Hall–Kier alpha value is -1.79. The van der Waals surface area contributed by atoms with Crippen LogP contribution in [0, 0.1) is 0 Å². The van der Waals surface area contributed by atoms with Crippen molar-refractivity contribution >= 4 is 29.3 Å². The third-order valence-electron chi connectivity index (χ3n) is 2.67. The lowest BCUT2D eigenvalue weighted by molar-refractivity contribution is -0.00663. The Balaban J connectivity index is 2.61. The smallest absolute Gasteiger partial charge is 0.335 e. The molecule has 0 bridgehead atoms. The molecule has 0 aromatic heterocycles. The highest BCUT2D eigenvalue weighted by atomic mass is 35.5. The summed E-state index contributed by atoms with van der Waals surface area (Å²) in [5, 5.41) is 14.2. The Labute approximate surface area is 128 Å². The molecule has 0 heterocycles. The molecule has 0 fully saturated rings. The molecule has 0 aliphatic carbocycles. The van der Waals surface area contributed by atoms with Crippen molar-refractivity contribution < 1.29 is 19.4 Å². The second-order valence-corrected chi connectivity index (χ2v) is 5.41. The summed E-state index contributed by atoms with van der Waals surface area (Å²) in [7, 11) is 0. The quantitative estimate of drug-likeness (QED) is 0.753. The van der Waals surface area contributed by atoms with Crippen molar-refractivity contribution in [3.8, 4) is 0 Å². The van der Waals surface area contributed by atoms with Crippen molar-refractivity contribution in [3.63, 3.8) is 0 Å². The number of aromatic carboxylic acids is 1. The monoisotopic (exact) mass is 314 g/mol. The fourth-order valence-corrected chi connectivity index (χ4v) is 1.88. The van der Waals surface area contributed by atoms with Crippen molar-refractivity contribution in [2.45, 2.75) is 26.4 Å². The predicted octanol–water partition coefficient (Wildman–Crippen LogP) is 2.97. The number of hydrogen-bond donors (Lipinski definition) is 3. The number of carbonyl (C=O) groups excluding carboxylic acids is 1. The van der Waals surface area contributed by atoms with Crippen LogP contribution in [0.25, 0.3) is 0 Å². The van der Waals surface area contributed by atoms with Gasteiger partial charge in [0.25, 0.3) is 0 Å². The Kier molecular flexibility index (Phi) is 5.99. The minimum Gasteiger partial charge on any atom is -0.478 e.